The average molecular weight is 433 g/mol. The number of amides is 1. The number of carbonyl (C=O) groups excluding carboxylic acids is 3. The molecular formula is C19H20N4O4S2. The number of fused-ring (bicyclic) bond motifs is 1. The van der Waals surface area contributed by atoms with Crippen LogP contribution in [0.3, 0.4) is 0 Å². The quantitative estimate of drug-likeness (QED) is 0.467. The molecule has 3 aromatic rings. The fourth-order valence-electron chi connectivity index (χ4n) is 2.64. The van der Waals surface area contributed by atoms with Gasteiger partial charge < -0.3 is 10.1 Å². The van der Waals surface area contributed by atoms with E-state index in [2.05, 4.69) is 15.3 Å². The molecule has 3 rings (SSSR count). The summed E-state index contributed by atoms with van der Waals surface area (Å²) in [4.78, 5) is 45.7. The fraction of sp³-hybridized carbons (Fsp3) is 0.316. The number of para-hydroxylation sites is 2. The number of rotatable bonds is 6. The summed E-state index contributed by atoms with van der Waals surface area (Å²) in [6.07, 6.45) is 0. The summed E-state index contributed by atoms with van der Waals surface area (Å²) in [5.74, 6) is -0.939. The Labute approximate surface area is 175 Å². The molecule has 152 valence electrons. The Morgan fingerprint density at radius 3 is 2.69 bits per heavy atom. The van der Waals surface area contributed by atoms with E-state index in [1.54, 1.807) is 20.8 Å². The van der Waals surface area contributed by atoms with Gasteiger partial charge in [-0.3, -0.25) is 14.2 Å². The maximum absolute atomic E-state index is 12.6. The van der Waals surface area contributed by atoms with Gasteiger partial charge in [-0.2, -0.15) is 0 Å². The van der Waals surface area contributed by atoms with E-state index in [0.29, 0.717) is 31.9 Å². The van der Waals surface area contributed by atoms with Gasteiger partial charge in [0.25, 0.3) is 0 Å². The van der Waals surface area contributed by atoms with Crippen molar-refractivity contribution in [3.8, 4) is 0 Å². The lowest BCUT2D eigenvalue weighted by Crippen LogP contribution is -2.23. The van der Waals surface area contributed by atoms with Crippen molar-refractivity contribution in [2.75, 3.05) is 11.9 Å². The Hall–Kier alpha value is -2.72. The van der Waals surface area contributed by atoms with Crippen LogP contribution in [0, 0.1) is 6.92 Å². The second-order valence-corrected chi connectivity index (χ2v) is 8.45. The van der Waals surface area contributed by atoms with Gasteiger partial charge in [0.1, 0.15) is 4.88 Å². The van der Waals surface area contributed by atoms with E-state index in [0.717, 1.165) is 11.3 Å². The lowest BCUT2D eigenvalue weighted by Gasteiger charge is -2.10. The zero-order valence-corrected chi connectivity index (χ0v) is 18.0. The van der Waals surface area contributed by atoms with Crippen molar-refractivity contribution in [3.63, 3.8) is 0 Å². The average Bonchev–Trinajstić information content (AvgIpc) is 3.21. The number of esters is 1. The first-order chi connectivity index (χ1) is 13.8. The summed E-state index contributed by atoms with van der Waals surface area (Å²) in [5.41, 5.74) is 1.89. The molecule has 1 unspecified atom stereocenters. The smallest absolute Gasteiger partial charge is 0.350 e. The lowest BCUT2D eigenvalue weighted by atomic mass is 10.3. The summed E-state index contributed by atoms with van der Waals surface area (Å²) >= 11 is 2.25. The van der Waals surface area contributed by atoms with Gasteiger partial charge in [-0.15, -0.1) is 0 Å². The standard InChI is InChI=1S/C19H20N4O4S2/c1-5-27-17(26)15-10(2)20-18(29-15)22-16(25)11(3)28-19-21-13-8-6-7-9-14(13)23(19)12(4)24/h6-9,11H,5H2,1-4H3,(H,20,22,25). The number of thiazole rings is 1. The van der Waals surface area contributed by atoms with Crippen LogP contribution < -0.4 is 5.32 Å². The summed E-state index contributed by atoms with van der Waals surface area (Å²) in [6.45, 7) is 6.85. The van der Waals surface area contributed by atoms with Crippen LogP contribution in [0.2, 0.25) is 0 Å². The molecule has 0 aliphatic heterocycles. The van der Waals surface area contributed by atoms with Crippen molar-refractivity contribution >= 4 is 57.0 Å². The van der Waals surface area contributed by atoms with Crippen molar-refractivity contribution in [3.05, 3.63) is 34.8 Å². The van der Waals surface area contributed by atoms with Gasteiger partial charge in [-0.1, -0.05) is 35.2 Å². The monoisotopic (exact) mass is 432 g/mol. The van der Waals surface area contributed by atoms with Crippen LogP contribution in [-0.2, 0) is 9.53 Å². The molecule has 10 heteroatoms. The number of hydrogen-bond donors (Lipinski definition) is 1. The number of nitrogens with one attached hydrogen (secondary N) is 1. The van der Waals surface area contributed by atoms with Crippen LogP contribution in [-0.4, -0.2) is 44.2 Å². The third kappa shape index (κ3) is 4.48. The van der Waals surface area contributed by atoms with Gasteiger partial charge in [-0.05, 0) is 32.9 Å². The third-order valence-electron chi connectivity index (χ3n) is 3.98. The van der Waals surface area contributed by atoms with Crippen LogP contribution in [0.5, 0.6) is 0 Å². The van der Waals surface area contributed by atoms with E-state index in [-0.39, 0.29) is 18.4 Å². The first-order valence-electron chi connectivity index (χ1n) is 8.92. The van der Waals surface area contributed by atoms with Gasteiger partial charge >= 0.3 is 5.97 Å². The number of imidazole rings is 1. The molecule has 8 nitrogen and oxygen atoms in total. The molecule has 0 aliphatic rings. The molecule has 1 atom stereocenters. The Bertz CT molecular complexity index is 1090. The maximum atomic E-state index is 12.6. The number of aromatic nitrogens is 3. The van der Waals surface area contributed by atoms with Crippen molar-refractivity contribution in [1.82, 2.24) is 14.5 Å². The van der Waals surface area contributed by atoms with Gasteiger partial charge in [0.2, 0.25) is 11.8 Å². The Morgan fingerprint density at radius 1 is 1.28 bits per heavy atom. The normalized spacial score (nSPS) is 12.0. The van der Waals surface area contributed by atoms with E-state index in [9.17, 15) is 14.4 Å². The minimum absolute atomic E-state index is 0.177. The lowest BCUT2D eigenvalue weighted by molar-refractivity contribution is -0.115. The first-order valence-corrected chi connectivity index (χ1v) is 10.6. The van der Waals surface area contributed by atoms with Crippen LogP contribution in [0.4, 0.5) is 5.13 Å². The minimum atomic E-state index is -0.542. The zero-order valence-electron chi connectivity index (χ0n) is 16.4. The molecule has 29 heavy (non-hydrogen) atoms. The van der Waals surface area contributed by atoms with Crippen molar-refractivity contribution in [2.24, 2.45) is 0 Å². The topological polar surface area (TPSA) is 103 Å². The Kier molecular flexibility index (Phi) is 6.33. The van der Waals surface area contributed by atoms with Gasteiger partial charge in [-0.25, -0.2) is 14.8 Å². The molecule has 2 heterocycles. The number of hydrogen-bond acceptors (Lipinski definition) is 8. The number of ether oxygens (including phenoxy) is 1. The van der Waals surface area contributed by atoms with Gasteiger partial charge in [0.15, 0.2) is 10.3 Å². The van der Waals surface area contributed by atoms with Gasteiger partial charge in [0, 0.05) is 6.92 Å². The van der Waals surface area contributed by atoms with Crippen LogP contribution in [0.15, 0.2) is 29.4 Å². The second kappa shape index (κ2) is 8.75. The second-order valence-electron chi connectivity index (χ2n) is 6.14. The minimum Gasteiger partial charge on any atom is -0.462 e. The summed E-state index contributed by atoms with van der Waals surface area (Å²) < 4.78 is 6.49. The SMILES string of the molecule is CCOC(=O)c1sc(NC(=O)C(C)Sc2nc3ccccc3n2C(C)=O)nc1C. The first kappa shape index (κ1) is 21.0. The number of carbonyl (C=O) groups is 3. The number of nitrogens with zero attached hydrogens (tertiary/aromatic N) is 3. The van der Waals surface area contributed by atoms with E-state index >= 15 is 0 Å². The van der Waals surface area contributed by atoms with E-state index < -0.39 is 11.2 Å². The van der Waals surface area contributed by atoms with Crippen LogP contribution >= 0.6 is 23.1 Å². The molecule has 1 N–H and O–H groups in total. The van der Waals surface area contributed by atoms with Crippen molar-refractivity contribution < 1.29 is 19.1 Å². The highest BCUT2D eigenvalue weighted by Crippen LogP contribution is 2.29. The summed E-state index contributed by atoms with van der Waals surface area (Å²) in [6, 6.07) is 7.31. The molecule has 0 radical (unpaired) electrons. The Morgan fingerprint density at radius 2 is 2.00 bits per heavy atom. The molecule has 0 bridgehead atoms. The fourth-order valence-corrected chi connectivity index (χ4v) is 4.47. The number of anilines is 1. The molecule has 0 saturated carbocycles. The maximum Gasteiger partial charge on any atom is 0.350 e. The molecule has 1 amide bonds. The van der Waals surface area contributed by atoms with Gasteiger partial charge in [0.05, 0.1) is 28.6 Å². The molecule has 1 aromatic carbocycles. The highest BCUT2D eigenvalue weighted by Gasteiger charge is 2.23. The number of benzene rings is 1. The molecule has 0 saturated heterocycles. The molecule has 0 fully saturated rings. The van der Waals surface area contributed by atoms with E-state index in [4.69, 9.17) is 4.74 Å². The molecular weight excluding hydrogens is 412 g/mol. The van der Waals surface area contributed by atoms with Crippen molar-refractivity contribution in [2.45, 2.75) is 38.1 Å². The number of aryl methyl sites for hydroxylation is 1. The third-order valence-corrected chi connectivity index (χ3v) is 6.09. The Balaban J connectivity index is 1.76. The van der Waals surface area contributed by atoms with E-state index in [1.807, 2.05) is 24.3 Å². The predicted molar refractivity (Wildman–Crippen MR) is 113 cm³/mol. The molecule has 0 spiro atoms. The van der Waals surface area contributed by atoms with Crippen molar-refractivity contribution in [1.29, 1.82) is 0 Å². The number of thioether (sulfide) groups is 1. The predicted octanol–water partition coefficient (Wildman–Crippen LogP) is 3.76. The molecule has 2 aromatic heterocycles. The zero-order chi connectivity index (χ0) is 21.1. The highest BCUT2D eigenvalue weighted by atomic mass is 32.2. The van der Waals surface area contributed by atoms with E-state index in [1.165, 1.54) is 23.3 Å². The highest BCUT2D eigenvalue weighted by molar-refractivity contribution is 8.00. The molecule has 0 aliphatic carbocycles. The van der Waals surface area contributed by atoms with Crippen LogP contribution in [0.1, 0.15) is 40.9 Å². The van der Waals surface area contributed by atoms with Crippen LogP contribution in [0.25, 0.3) is 11.0 Å². The summed E-state index contributed by atoms with van der Waals surface area (Å²) in [7, 11) is 0. The summed E-state index contributed by atoms with van der Waals surface area (Å²) in [5, 5.41) is 2.95. The largest absolute Gasteiger partial charge is 0.462 e.